The van der Waals surface area contributed by atoms with Crippen LogP contribution >= 0.6 is 11.5 Å². The van der Waals surface area contributed by atoms with Gasteiger partial charge in [-0.25, -0.2) is 18.0 Å². The number of aromatic carboxylic acids is 1. The van der Waals surface area contributed by atoms with Crippen molar-refractivity contribution in [3.63, 3.8) is 0 Å². The fraction of sp³-hybridized carbons (Fsp3) is 0.0833. The summed E-state index contributed by atoms with van der Waals surface area (Å²) in [6, 6.07) is 0.710. The molecule has 0 spiro atoms. The molecule has 1 aromatic heterocycles. The average molecular weight is 316 g/mol. The first-order chi connectivity index (χ1) is 9.81. The second kappa shape index (κ2) is 5.52. The van der Waals surface area contributed by atoms with Crippen LogP contribution in [0.5, 0.6) is 0 Å². The van der Waals surface area contributed by atoms with Crippen molar-refractivity contribution in [2.45, 2.75) is 6.92 Å². The van der Waals surface area contributed by atoms with Crippen LogP contribution in [0.3, 0.4) is 0 Å². The van der Waals surface area contributed by atoms with Gasteiger partial charge in [-0.1, -0.05) is 0 Å². The van der Waals surface area contributed by atoms with Gasteiger partial charge in [-0.15, -0.1) is 0 Å². The van der Waals surface area contributed by atoms with E-state index in [1.165, 1.54) is 6.92 Å². The van der Waals surface area contributed by atoms with Crippen LogP contribution in [0.15, 0.2) is 12.1 Å². The van der Waals surface area contributed by atoms with Crippen molar-refractivity contribution < 1.29 is 27.9 Å². The number of amides is 1. The highest BCUT2D eigenvalue weighted by Crippen LogP contribution is 2.26. The zero-order chi connectivity index (χ0) is 15.7. The van der Waals surface area contributed by atoms with Crippen molar-refractivity contribution in [1.29, 1.82) is 0 Å². The smallest absolute Gasteiger partial charge is 0.340 e. The zero-order valence-corrected chi connectivity index (χ0v) is 11.2. The van der Waals surface area contributed by atoms with Gasteiger partial charge in [0.25, 0.3) is 5.91 Å². The number of anilines is 1. The quantitative estimate of drug-likeness (QED) is 0.912. The Hall–Kier alpha value is -2.42. The Kier molecular flexibility index (Phi) is 3.94. The van der Waals surface area contributed by atoms with Crippen LogP contribution in [0.2, 0.25) is 0 Å². The lowest BCUT2D eigenvalue weighted by molar-refractivity contribution is 0.0697. The van der Waals surface area contributed by atoms with Gasteiger partial charge < -0.3 is 10.4 Å². The molecular weight excluding hydrogens is 309 g/mol. The van der Waals surface area contributed by atoms with E-state index in [9.17, 15) is 22.8 Å². The van der Waals surface area contributed by atoms with E-state index in [1.54, 1.807) is 0 Å². The van der Waals surface area contributed by atoms with Gasteiger partial charge in [-0.05, 0) is 18.5 Å². The Labute approximate surface area is 120 Å². The normalized spacial score (nSPS) is 10.5. The molecule has 0 radical (unpaired) electrons. The summed E-state index contributed by atoms with van der Waals surface area (Å²) >= 11 is 0.661. The van der Waals surface area contributed by atoms with Gasteiger partial charge in [-0.3, -0.25) is 4.79 Å². The molecule has 1 amide bonds. The number of hydrogen-bond acceptors (Lipinski definition) is 4. The molecule has 0 aliphatic rings. The SMILES string of the molecule is Cc1nsc(NC(=O)c2c(F)cc(F)cc2F)c1C(=O)O. The Bertz CT molecular complexity index is 722. The molecule has 0 saturated heterocycles. The number of carboxylic acid groups (broad SMARTS) is 1. The summed E-state index contributed by atoms with van der Waals surface area (Å²) in [5.41, 5.74) is -1.11. The van der Waals surface area contributed by atoms with Crippen LogP contribution in [0, 0.1) is 24.4 Å². The van der Waals surface area contributed by atoms with E-state index in [1.807, 2.05) is 0 Å². The number of nitrogens with one attached hydrogen (secondary N) is 1. The summed E-state index contributed by atoms with van der Waals surface area (Å²) in [6.45, 7) is 1.41. The molecule has 0 fully saturated rings. The molecule has 5 nitrogen and oxygen atoms in total. The second-order valence-electron chi connectivity index (χ2n) is 3.98. The maximum Gasteiger partial charge on any atom is 0.340 e. The molecule has 2 N–H and O–H groups in total. The van der Waals surface area contributed by atoms with Crippen LogP contribution in [-0.2, 0) is 0 Å². The van der Waals surface area contributed by atoms with Crippen molar-refractivity contribution in [3.05, 3.63) is 46.4 Å². The molecule has 21 heavy (non-hydrogen) atoms. The summed E-state index contributed by atoms with van der Waals surface area (Å²) in [4.78, 5) is 22.8. The van der Waals surface area contributed by atoms with Gasteiger partial charge >= 0.3 is 5.97 Å². The first kappa shape index (κ1) is 15.0. The maximum atomic E-state index is 13.5. The van der Waals surface area contributed by atoms with Gasteiger partial charge in [0.2, 0.25) is 0 Å². The van der Waals surface area contributed by atoms with Crippen LogP contribution in [0.4, 0.5) is 18.2 Å². The monoisotopic (exact) mass is 316 g/mol. The topological polar surface area (TPSA) is 79.3 Å². The Morgan fingerprint density at radius 1 is 1.19 bits per heavy atom. The molecule has 2 rings (SSSR count). The number of carboxylic acids is 1. The summed E-state index contributed by atoms with van der Waals surface area (Å²) < 4.78 is 43.4. The van der Waals surface area contributed by atoms with Crippen LogP contribution in [0.1, 0.15) is 26.4 Å². The number of benzene rings is 1. The number of carbonyl (C=O) groups is 2. The van der Waals surface area contributed by atoms with Crippen LogP contribution in [-0.4, -0.2) is 21.4 Å². The predicted octanol–water partition coefficient (Wildman–Crippen LogP) is 2.82. The average Bonchev–Trinajstić information content (AvgIpc) is 2.68. The number of halogens is 3. The van der Waals surface area contributed by atoms with E-state index in [4.69, 9.17) is 5.11 Å². The van der Waals surface area contributed by atoms with E-state index >= 15 is 0 Å². The largest absolute Gasteiger partial charge is 0.478 e. The lowest BCUT2D eigenvalue weighted by Gasteiger charge is -2.06. The fourth-order valence-corrected chi connectivity index (χ4v) is 2.42. The minimum atomic E-state index is -1.39. The fourth-order valence-electron chi connectivity index (χ4n) is 1.63. The highest BCUT2D eigenvalue weighted by Gasteiger charge is 2.23. The van der Waals surface area contributed by atoms with Crippen molar-refractivity contribution in [1.82, 2.24) is 4.37 Å². The molecule has 0 aliphatic carbocycles. The molecule has 1 aromatic carbocycles. The summed E-state index contributed by atoms with van der Waals surface area (Å²) in [7, 11) is 0. The van der Waals surface area contributed by atoms with Gasteiger partial charge in [0.05, 0.1) is 5.69 Å². The highest BCUT2D eigenvalue weighted by atomic mass is 32.1. The third-order valence-electron chi connectivity index (χ3n) is 2.54. The first-order valence-corrected chi connectivity index (χ1v) is 6.24. The zero-order valence-electron chi connectivity index (χ0n) is 10.4. The summed E-state index contributed by atoms with van der Waals surface area (Å²) in [6.07, 6.45) is 0. The molecular formula is C12H7F3N2O3S. The molecule has 0 unspecified atom stereocenters. The number of aromatic nitrogens is 1. The molecule has 0 aliphatic heterocycles. The maximum absolute atomic E-state index is 13.5. The van der Waals surface area contributed by atoms with Crippen molar-refractivity contribution in [2.75, 3.05) is 5.32 Å². The minimum Gasteiger partial charge on any atom is -0.478 e. The highest BCUT2D eigenvalue weighted by molar-refractivity contribution is 7.11. The molecule has 110 valence electrons. The lowest BCUT2D eigenvalue weighted by atomic mass is 10.1. The van der Waals surface area contributed by atoms with E-state index in [0.717, 1.165) is 0 Å². The molecule has 0 saturated carbocycles. The predicted molar refractivity (Wildman–Crippen MR) is 68.1 cm³/mol. The Morgan fingerprint density at radius 3 is 2.29 bits per heavy atom. The van der Waals surface area contributed by atoms with Gasteiger partial charge in [0.1, 0.15) is 33.6 Å². The minimum absolute atomic E-state index is 0.155. The first-order valence-electron chi connectivity index (χ1n) is 5.46. The number of nitrogens with zero attached hydrogens (tertiary/aromatic N) is 1. The summed E-state index contributed by atoms with van der Waals surface area (Å²) in [5.74, 6) is -6.50. The van der Waals surface area contributed by atoms with Crippen molar-refractivity contribution in [3.8, 4) is 0 Å². The number of carbonyl (C=O) groups excluding carboxylic acids is 1. The molecule has 9 heteroatoms. The molecule has 0 bridgehead atoms. The van der Waals surface area contributed by atoms with Crippen LogP contribution < -0.4 is 5.32 Å². The Morgan fingerprint density at radius 2 is 1.76 bits per heavy atom. The van der Waals surface area contributed by atoms with Crippen molar-refractivity contribution in [2.24, 2.45) is 0 Å². The van der Waals surface area contributed by atoms with E-state index in [-0.39, 0.29) is 16.3 Å². The number of hydrogen-bond donors (Lipinski definition) is 2. The molecule has 0 atom stereocenters. The van der Waals surface area contributed by atoms with Crippen LogP contribution in [0.25, 0.3) is 0 Å². The van der Waals surface area contributed by atoms with Gasteiger partial charge in [0.15, 0.2) is 0 Å². The molecule has 2 aromatic rings. The Balaban J connectivity index is 2.38. The standard InChI is InChI=1S/C12H7F3N2O3S/c1-4-8(12(19)20)11(21-17-4)16-10(18)9-6(14)2-5(13)3-7(9)15/h2-3H,1H3,(H,16,18)(H,19,20). The second-order valence-corrected chi connectivity index (χ2v) is 4.75. The third-order valence-corrected chi connectivity index (χ3v) is 3.39. The lowest BCUT2D eigenvalue weighted by Crippen LogP contribution is -2.17. The summed E-state index contributed by atoms with van der Waals surface area (Å²) in [5, 5.41) is 10.9. The number of aryl methyl sites for hydroxylation is 1. The van der Waals surface area contributed by atoms with Gasteiger partial charge in [0, 0.05) is 12.1 Å². The van der Waals surface area contributed by atoms with E-state index in [0.29, 0.717) is 23.7 Å². The van der Waals surface area contributed by atoms with E-state index in [2.05, 4.69) is 9.69 Å². The third kappa shape index (κ3) is 2.87. The van der Waals surface area contributed by atoms with Gasteiger partial charge in [-0.2, -0.15) is 4.37 Å². The molecule has 1 heterocycles. The van der Waals surface area contributed by atoms with E-state index < -0.39 is 34.9 Å². The number of rotatable bonds is 3. The van der Waals surface area contributed by atoms with Crippen molar-refractivity contribution >= 4 is 28.4 Å².